The second-order valence-electron chi connectivity index (χ2n) is 2.90. The van der Waals surface area contributed by atoms with Gasteiger partial charge in [-0.2, -0.15) is 0 Å². The van der Waals surface area contributed by atoms with Crippen molar-refractivity contribution in [3.63, 3.8) is 0 Å². The zero-order chi connectivity index (χ0) is 9.23. The highest BCUT2D eigenvalue weighted by molar-refractivity contribution is 5.75. The SMILES string of the molecule is COCCCNCCCC(C)=O. The molecule has 0 aliphatic heterocycles. The highest BCUT2D eigenvalue weighted by atomic mass is 16.5. The quantitative estimate of drug-likeness (QED) is 0.556. The minimum atomic E-state index is 0.272. The molecule has 0 aromatic heterocycles. The van der Waals surface area contributed by atoms with Gasteiger partial charge < -0.3 is 14.8 Å². The third-order valence-electron chi connectivity index (χ3n) is 1.58. The van der Waals surface area contributed by atoms with Crippen LogP contribution >= 0.6 is 0 Å². The van der Waals surface area contributed by atoms with E-state index in [4.69, 9.17) is 4.74 Å². The van der Waals surface area contributed by atoms with Gasteiger partial charge in [0.2, 0.25) is 0 Å². The summed E-state index contributed by atoms with van der Waals surface area (Å²) >= 11 is 0. The average molecular weight is 173 g/mol. The molecular formula is C9H19NO2. The molecule has 0 spiro atoms. The van der Waals surface area contributed by atoms with Crippen LogP contribution in [0.3, 0.4) is 0 Å². The van der Waals surface area contributed by atoms with Gasteiger partial charge in [0.15, 0.2) is 0 Å². The molecule has 0 unspecified atom stereocenters. The Balaban J connectivity index is 2.86. The number of Topliss-reactive ketones (excluding diaryl/α,β-unsaturated/α-hetero) is 1. The largest absolute Gasteiger partial charge is 0.385 e. The number of carbonyl (C=O) groups excluding carboxylic acids is 1. The fourth-order valence-corrected chi connectivity index (χ4v) is 0.929. The molecule has 72 valence electrons. The van der Waals surface area contributed by atoms with E-state index in [-0.39, 0.29) is 5.78 Å². The van der Waals surface area contributed by atoms with Crippen molar-refractivity contribution in [3.8, 4) is 0 Å². The first-order chi connectivity index (χ1) is 5.77. The number of nitrogens with one attached hydrogen (secondary N) is 1. The van der Waals surface area contributed by atoms with Crippen LogP contribution in [0, 0.1) is 0 Å². The Morgan fingerprint density at radius 3 is 2.58 bits per heavy atom. The molecule has 12 heavy (non-hydrogen) atoms. The lowest BCUT2D eigenvalue weighted by molar-refractivity contribution is -0.117. The van der Waals surface area contributed by atoms with Gasteiger partial charge in [0.1, 0.15) is 5.78 Å². The number of methoxy groups -OCH3 is 1. The van der Waals surface area contributed by atoms with Crippen molar-refractivity contribution in [1.29, 1.82) is 0 Å². The molecule has 0 heterocycles. The highest BCUT2D eigenvalue weighted by Gasteiger charge is 1.92. The van der Waals surface area contributed by atoms with E-state index in [0.29, 0.717) is 6.42 Å². The first-order valence-electron chi connectivity index (χ1n) is 4.46. The van der Waals surface area contributed by atoms with Crippen LogP contribution in [-0.4, -0.2) is 32.6 Å². The predicted octanol–water partition coefficient (Wildman–Crippen LogP) is 0.982. The van der Waals surface area contributed by atoms with E-state index >= 15 is 0 Å². The molecule has 3 heteroatoms. The lowest BCUT2D eigenvalue weighted by Crippen LogP contribution is -2.18. The number of carbonyl (C=O) groups is 1. The molecule has 0 saturated carbocycles. The Morgan fingerprint density at radius 2 is 2.00 bits per heavy atom. The molecular weight excluding hydrogens is 154 g/mol. The van der Waals surface area contributed by atoms with Crippen LogP contribution in [0.15, 0.2) is 0 Å². The first-order valence-corrected chi connectivity index (χ1v) is 4.46. The molecule has 0 fully saturated rings. The van der Waals surface area contributed by atoms with Gasteiger partial charge in [-0.15, -0.1) is 0 Å². The topological polar surface area (TPSA) is 38.3 Å². The summed E-state index contributed by atoms with van der Waals surface area (Å²) in [7, 11) is 1.70. The van der Waals surface area contributed by atoms with Crippen molar-refractivity contribution >= 4 is 5.78 Å². The average Bonchev–Trinajstić information content (AvgIpc) is 2.02. The Bertz CT molecular complexity index is 115. The van der Waals surface area contributed by atoms with Crippen molar-refractivity contribution in [1.82, 2.24) is 5.32 Å². The maximum Gasteiger partial charge on any atom is 0.129 e. The summed E-state index contributed by atoms with van der Waals surface area (Å²) in [5.41, 5.74) is 0. The van der Waals surface area contributed by atoms with Crippen molar-refractivity contribution < 1.29 is 9.53 Å². The molecule has 0 amide bonds. The van der Waals surface area contributed by atoms with Gasteiger partial charge in [0.25, 0.3) is 0 Å². The molecule has 0 radical (unpaired) electrons. The van der Waals surface area contributed by atoms with Gasteiger partial charge >= 0.3 is 0 Å². The summed E-state index contributed by atoms with van der Waals surface area (Å²) < 4.78 is 4.89. The predicted molar refractivity (Wildman–Crippen MR) is 49.3 cm³/mol. The van der Waals surface area contributed by atoms with Crippen LogP contribution in [-0.2, 0) is 9.53 Å². The molecule has 1 N–H and O–H groups in total. The summed E-state index contributed by atoms with van der Waals surface area (Å²) in [5, 5.41) is 3.24. The van der Waals surface area contributed by atoms with Crippen LogP contribution in [0.2, 0.25) is 0 Å². The molecule has 0 aromatic carbocycles. The Hall–Kier alpha value is -0.410. The Kier molecular flexibility index (Phi) is 8.39. The highest BCUT2D eigenvalue weighted by Crippen LogP contribution is 1.87. The second kappa shape index (κ2) is 8.68. The maximum absolute atomic E-state index is 10.5. The summed E-state index contributed by atoms with van der Waals surface area (Å²) in [6.45, 7) is 4.35. The van der Waals surface area contributed by atoms with Gasteiger partial charge in [-0.1, -0.05) is 0 Å². The molecule has 0 saturated heterocycles. The van der Waals surface area contributed by atoms with Gasteiger partial charge in [-0.3, -0.25) is 0 Å². The zero-order valence-electron chi connectivity index (χ0n) is 8.06. The van der Waals surface area contributed by atoms with E-state index in [1.165, 1.54) is 0 Å². The van der Waals surface area contributed by atoms with Crippen molar-refractivity contribution in [3.05, 3.63) is 0 Å². The maximum atomic E-state index is 10.5. The number of rotatable bonds is 8. The van der Waals surface area contributed by atoms with E-state index in [2.05, 4.69) is 5.32 Å². The third-order valence-corrected chi connectivity index (χ3v) is 1.58. The second-order valence-corrected chi connectivity index (χ2v) is 2.90. The molecule has 0 aromatic rings. The fourth-order valence-electron chi connectivity index (χ4n) is 0.929. The molecule has 0 bridgehead atoms. The van der Waals surface area contributed by atoms with Gasteiger partial charge in [-0.05, 0) is 32.9 Å². The van der Waals surface area contributed by atoms with E-state index in [1.54, 1.807) is 14.0 Å². The summed E-state index contributed by atoms with van der Waals surface area (Å²) in [6, 6.07) is 0. The normalized spacial score (nSPS) is 10.2. The molecule has 0 atom stereocenters. The van der Waals surface area contributed by atoms with E-state index < -0.39 is 0 Å². The molecule has 0 aliphatic carbocycles. The van der Waals surface area contributed by atoms with Gasteiger partial charge in [0.05, 0.1) is 0 Å². The number of ketones is 1. The van der Waals surface area contributed by atoms with Crippen molar-refractivity contribution in [2.24, 2.45) is 0 Å². The van der Waals surface area contributed by atoms with Crippen molar-refractivity contribution in [2.75, 3.05) is 26.8 Å². The smallest absolute Gasteiger partial charge is 0.129 e. The minimum absolute atomic E-state index is 0.272. The van der Waals surface area contributed by atoms with Crippen LogP contribution in [0.25, 0.3) is 0 Å². The molecule has 3 nitrogen and oxygen atoms in total. The standard InChI is InChI=1S/C9H19NO2/c1-9(11)5-3-6-10-7-4-8-12-2/h10H,3-8H2,1-2H3. The summed E-state index contributed by atoms with van der Waals surface area (Å²) in [6.07, 6.45) is 2.68. The van der Waals surface area contributed by atoms with Crippen LogP contribution in [0.4, 0.5) is 0 Å². The van der Waals surface area contributed by atoms with Crippen LogP contribution in [0.5, 0.6) is 0 Å². The lowest BCUT2D eigenvalue weighted by Gasteiger charge is -2.02. The molecule has 0 rings (SSSR count). The fraction of sp³-hybridized carbons (Fsp3) is 0.889. The number of hydrogen-bond acceptors (Lipinski definition) is 3. The molecule has 0 aliphatic rings. The van der Waals surface area contributed by atoms with Gasteiger partial charge in [0, 0.05) is 20.1 Å². The van der Waals surface area contributed by atoms with E-state index in [0.717, 1.165) is 32.5 Å². The van der Waals surface area contributed by atoms with E-state index in [9.17, 15) is 4.79 Å². The summed E-state index contributed by atoms with van der Waals surface area (Å²) in [4.78, 5) is 10.5. The third kappa shape index (κ3) is 9.59. The van der Waals surface area contributed by atoms with Crippen LogP contribution < -0.4 is 5.32 Å². The lowest BCUT2D eigenvalue weighted by atomic mass is 10.2. The zero-order valence-corrected chi connectivity index (χ0v) is 8.06. The Labute approximate surface area is 74.5 Å². The monoisotopic (exact) mass is 173 g/mol. The number of ether oxygens (including phenoxy) is 1. The van der Waals surface area contributed by atoms with E-state index in [1.807, 2.05) is 0 Å². The van der Waals surface area contributed by atoms with Crippen molar-refractivity contribution in [2.45, 2.75) is 26.2 Å². The van der Waals surface area contributed by atoms with Gasteiger partial charge in [-0.25, -0.2) is 0 Å². The summed E-state index contributed by atoms with van der Waals surface area (Å²) in [5.74, 6) is 0.272. The minimum Gasteiger partial charge on any atom is -0.385 e. The Morgan fingerprint density at radius 1 is 1.33 bits per heavy atom. The van der Waals surface area contributed by atoms with Crippen LogP contribution in [0.1, 0.15) is 26.2 Å². The number of hydrogen-bond donors (Lipinski definition) is 1. The first kappa shape index (κ1) is 11.6.